The molecule has 1 fully saturated rings. The first kappa shape index (κ1) is 21.9. The third kappa shape index (κ3) is 5.49. The van der Waals surface area contributed by atoms with E-state index in [1.807, 2.05) is 54.1 Å². The average Bonchev–Trinajstić information content (AvgIpc) is 2.78. The van der Waals surface area contributed by atoms with E-state index in [0.29, 0.717) is 11.5 Å². The zero-order valence-corrected chi connectivity index (χ0v) is 19.7. The number of ketones is 1. The summed E-state index contributed by atoms with van der Waals surface area (Å²) in [4.78, 5) is 30.7. The molecular weight excluding hydrogens is 503 g/mol. The van der Waals surface area contributed by atoms with Crippen LogP contribution in [0, 0.1) is 16.5 Å². The molecule has 3 aromatic rings. The van der Waals surface area contributed by atoms with E-state index in [9.17, 15) is 9.59 Å². The number of rotatable bonds is 6. The second-order valence-electron chi connectivity index (χ2n) is 8.12. The van der Waals surface area contributed by atoms with Crippen molar-refractivity contribution in [1.82, 2.24) is 9.55 Å². The Bertz CT molecular complexity index is 1110. The number of Topliss-reactive ketones (excluding diaryl/α,β-unsaturated/α-hetero) is 1. The minimum absolute atomic E-state index is 0.160. The highest BCUT2D eigenvalue weighted by Crippen LogP contribution is 2.21. The minimum Gasteiger partial charge on any atom is -0.381 e. The molecule has 1 aliphatic rings. The van der Waals surface area contributed by atoms with E-state index in [2.05, 4.69) is 27.6 Å². The first-order chi connectivity index (χ1) is 15.0. The molecule has 31 heavy (non-hydrogen) atoms. The van der Waals surface area contributed by atoms with Crippen molar-refractivity contribution in [2.45, 2.75) is 32.7 Å². The van der Waals surface area contributed by atoms with Gasteiger partial charge in [0.2, 0.25) is 0 Å². The van der Waals surface area contributed by atoms with Crippen molar-refractivity contribution in [1.29, 1.82) is 0 Å². The number of ether oxygens (including phenoxy) is 1. The molecule has 6 heteroatoms. The van der Waals surface area contributed by atoms with E-state index in [1.165, 1.54) is 0 Å². The Morgan fingerprint density at radius 1 is 1.13 bits per heavy atom. The van der Waals surface area contributed by atoms with Crippen LogP contribution in [0.25, 0.3) is 11.1 Å². The highest BCUT2D eigenvalue weighted by molar-refractivity contribution is 14.1. The molecule has 4 rings (SSSR count). The fraction of sp³-hybridized carbons (Fsp3) is 0.320. The largest absolute Gasteiger partial charge is 0.381 e. The van der Waals surface area contributed by atoms with Crippen molar-refractivity contribution in [3.05, 3.63) is 85.6 Å². The Morgan fingerprint density at radius 2 is 1.87 bits per heavy atom. The molecular formula is C25H25IN2O3. The topological polar surface area (TPSA) is 61.2 Å². The van der Waals surface area contributed by atoms with Crippen molar-refractivity contribution < 1.29 is 9.53 Å². The zero-order valence-electron chi connectivity index (χ0n) is 17.5. The van der Waals surface area contributed by atoms with Crippen molar-refractivity contribution in [2.24, 2.45) is 5.92 Å². The summed E-state index contributed by atoms with van der Waals surface area (Å²) in [5, 5.41) is 0. The van der Waals surface area contributed by atoms with E-state index in [-0.39, 0.29) is 23.2 Å². The molecule has 5 nitrogen and oxygen atoms in total. The van der Waals surface area contributed by atoms with Crippen LogP contribution in [-0.2, 0) is 17.7 Å². The van der Waals surface area contributed by atoms with Crippen LogP contribution in [0.2, 0.25) is 0 Å². The number of aromatic nitrogens is 2. The molecule has 0 amide bonds. The van der Waals surface area contributed by atoms with Gasteiger partial charge < -0.3 is 9.30 Å². The summed E-state index contributed by atoms with van der Waals surface area (Å²) in [6, 6.07) is 11.6. The van der Waals surface area contributed by atoms with Gasteiger partial charge >= 0.3 is 0 Å². The maximum atomic E-state index is 13.3. The normalized spacial score (nSPS) is 14.5. The highest BCUT2D eigenvalue weighted by Gasteiger charge is 2.19. The molecule has 0 aliphatic carbocycles. The Labute approximate surface area is 195 Å². The number of nitrogens with zero attached hydrogens (tertiary/aromatic N) is 2. The fourth-order valence-electron chi connectivity index (χ4n) is 3.89. The van der Waals surface area contributed by atoms with Crippen molar-refractivity contribution >= 4 is 28.4 Å². The lowest BCUT2D eigenvalue weighted by atomic mass is 9.98. The Morgan fingerprint density at radius 3 is 2.55 bits per heavy atom. The fourth-order valence-corrected chi connectivity index (χ4v) is 4.21. The highest BCUT2D eigenvalue weighted by atomic mass is 127. The SMILES string of the molecule is Cc1ccc(-c2cn(CC3CCOCC3)cc(C(=O)Cc3ccc(I)nc3)c2=O)cc1. The maximum Gasteiger partial charge on any atom is 0.200 e. The van der Waals surface area contributed by atoms with Crippen LogP contribution in [-0.4, -0.2) is 28.5 Å². The molecule has 1 aliphatic heterocycles. The lowest BCUT2D eigenvalue weighted by Gasteiger charge is -2.23. The lowest BCUT2D eigenvalue weighted by Crippen LogP contribution is -2.25. The number of aryl methyl sites for hydroxylation is 1. The predicted octanol–water partition coefficient (Wildman–Crippen LogP) is 4.68. The quantitative estimate of drug-likeness (QED) is 0.265. The molecule has 0 radical (unpaired) electrons. The van der Waals surface area contributed by atoms with Crippen LogP contribution in [0.5, 0.6) is 0 Å². The standard InChI is InChI=1S/C25H25IN2O3/c1-17-2-5-20(6-3-17)21-15-28(14-18-8-10-31-11-9-18)16-22(25(21)30)23(29)12-19-4-7-24(26)27-13-19/h2-7,13,15-16,18H,8-12,14H2,1H3. The zero-order chi connectivity index (χ0) is 21.8. The van der Waals surface area contributed by atoms with Gasteiger partial charge in [0, 0.05) is 50.3 Å². The van der Waals surface area contributed by atoms with Gasteiger partial charge in [-0.1, -0.05) is 35.9 Å². The molecule has 0 bridgehead atoms. The molecule has 2 aromatic heterocycles. The number of benzene rings is 1. The van der Waals surface area contributed by atoms with Crippen LogP contribution >= 0.6 is 22.6 Å². The third-order valence-corrected chi connectivity index (χ3v) is 6.34. The van der Waals surface area contributed by atoms with Crippen molar-refractivity contribution in [3.8, 4) is 11.1 Å². The Kier molecular flexibility index (Phi) is 6.97. The summed E-state index contributed by atoms with van der Waals surface area (Å²) in [5.41, 5.74) is 3.37. The molecule has 1 saturated heterocycles. The molecule has 0 N–H and O–H groups in total. The van der Waals surface area contributed by atoms with E-state index in [0.717, 1.165) is 53.0 Å². The van der Waals surface area contributed by atoms with E-state index >= 15 is 0 Å². The number of hydrogen-bond donors (Lipinski definition) is 0. The molecule has 3 heterocycles. The minimum atomic E-state index is -0.212. The summed E-state index contributed by atoms with van der Waals surface area (Å²) in [5.74, 6) is 0.299. The molecule has 0 unspecified atom stereocenters. The van der Waals surface area contributed by atoms with Gasteiger partial charge in [-0.25, -0.2) is 0 Å². The number of hydrogen-bond acceptors (Lipinski definition) is 4. The van der Waals surface area contributed by atoms with Crippen LogP contribution in [0.3, 0.4) is 0 Å². The Hall–Kier alpha value is -2.32. The van der Waals surface area contributed by atoms with E-state index in [1.54, 1.807) is 12.4 Å². The second kappa shape index (κ2) is 9.87. The number of halogens is 1. The first-order valence-electron chi connectivity index (χ1n) is 10.5. The van der Waals surface area contributed by atoms with Gasteiger partial charge in [0.15, 0.2) is 11.2 Å². The maximum absolute atomic E-state index is 13.3. The van der Waals surface area contributed by atoms with Gasteiger partial charge in [-0.2, -0.15) is 0 Å². The summed E-state index contributed by atoms with van der Waals surface area (Å²) in [6.45, 7) is 4.32. The van der Waals surface area contributed by atoms with E-state index in [4.69, 9.17) is 4.74 Å². The number of pyridine rings is 2. The van der Waals surface area contributed by atoms with Gasteiger partial charge in [0.1, 0.15) is 3.70 Å². The van der Waals surface area contributed by atoms with Gasteiger partial charge in [-0.3, -0.25) is 14.6 Å². The van der Waals surface area contributed by atoms with Crippen LogP contribution < -0.4 is 5.43 Å². The van der Waals surface area contributed by atoms with Crippen molar-refractivity contribution in [3.63, 3.8) is 0 Å². The van der Waals surface area contributed by atoms with Gasteiger partial charge in [-0.15, -0.1) is 0 Å². The molecule has 1 aromatic carbocycles. The van der Waals surface area contributed by atoms with E-state index < -0.39 is 0 Å². The van der Waals surface area contributed by atoms with Crippen molar-refractivity contribution in [2.75, 3.05) is 13.2 Å². The van der Waals surface area contributed by atoms with Crippen LogP contribution in [0.4, 0.5) is 0 Å². The summed E-state index contributed by atoms with van der Waals surface area (Å²) in [6.07, 6.45) is 7.47. The number of carbonyl (C=O) groups is 1. The second-order valence-corrected chi connectivity index (χ2v) is 9.23. The smallest absolute Gasteiger partial charge is 0.200 e. The lowest BCUT2D eigenvalue weighted by molar-refractivity contribution is 0.0612. The molecule has 0 atom stereocenters. The molecule has 160 valence electrons. The third-order valence-electron chi connectivity index (χ3n) is 5.71. The van der Waals surface area contributed by atoms with Gasteiger partial charge in [0.25, 0.3) is 0 Å². The molecule has 0 saturated carbocycles. The van der Waals surface area contributed by atoms with Gasteiger partial charge in [-0.05, 0) is 65.5 Å². The summed E-state index contributed by atoms with van der Waals surface area (Å²) >= 11 is 2.13. The monoisotopic (exact) mass is 528 g/mol. The average molecular weight is 528 g/mol. The summed E-state index contributed by atoms with van der Waals surface area (Å²) < 4.78 is 8.37. The Balaban J connectivity index is 1.71. The first-order valence-corrected chi connectivity index (χ1v) is 11.6. The van der Waals surface area contributed by atoms with Gasteiger partial charge in [0.05, 0.1) is 5.56 Å². The van der Waals surface area contributed by atoms with Crippen LogP contribution in [0.1, 0.15) is 34.3 Å². The van der Waals surface area contributed by atoms with Crippen LogP contribution in [0.15, 0.2) is 59.8 Å². The summed E-state index contributed by atoms with van der Waals surface area (Å²) in [7, 11) is 0. The predicted molar refractivity (Wildman–Crippen MR) is 129 cm³/mol. The molecule has 0 spiro atoms. The number of carbonyl (C=O) groups excluding carboxylic acids is 1.